The van der Waals surface area contributed by atoms with Gasteiger partial charge in [0.15, 0.2) is 18.0 Å². The maximum absolute atomic E-state index is 11.9. The van der Waals surface area contributed by atoms with Crippen molar-refractivity contribution in [3.8, 4) is 17.2 Å². The van der Waals surface area contributed by atoms with Crippen molar-refractivity contribution in [3.05, 3.63) is 48.0 Å². The van der Waals surface area contributed by atoms with E-state index in [-0.39, 0.29) is 0 Å². The number of amidine groups is 1. The largest absolute Gasteiger partial charge is 0.497 e. The molecule has 0 radical (unpaired) electrons. The van der Waals surface area contributed by atoms with Crippen LogP contribution in [0.4, 0.5) is 5.69 Å². The second-order valence-corrected chi connectivity index (χ2v) is 7.10. The van der Waals surface area contributed by atoms with Gasteiger partial charge in [-0.3, -0.25) is 4.58 Å². The Kier molecular flexibility index (Phi) is 4.14. The molecule has 3 heterocycles. The summed E-state index contributed by atoms with van der Waals surface area (Å²) in [4.78, 5) is 1.96. The SMILES string of the molecule is COc1ccc(N2C3=[N+](CCOC3)C[C@@]2(O)c2ccc3c(c2)OCCO3)cc1. The maximum atomic E-state index is 11.9. The number of hydrogen-bond acceptors (Lipinski definition) is 6. The van der Waals surface area contributed by atoms with Crippen LogP contribution in [-0.2, 0) is 10.5 Å². The quantitative estimate of drug-likeness (QED) is 0.812. The van der Waals surface area contributed by atoms with Gasteiger partial charge in [0.1, 0.15) is 37.8 Å². The van der Waals surface area contributed by atoms with Crippen LogP contribution < -0.4 is 19.1 Å². The van der Waals surface area contributed by atoms with Crippen molar-refractivity contribution in [2.45, 2.75) is 5.72 Å². The first-order valence-corrected chi connectivity index (χ1v) is 9.44. The molecule has 3 aliphatic heterocycles. The first-order chi connectivity index (χ1) is 13.7. The highest BCUT2D eigenvalue weighted by molar-refractivity contribution is 5.98. The molecule has 0 spiro atoms. The molecule has 5 rings (SSSR count). The minimum atomic E-state index is -1.24. The Labute approximate surface area is 163 Å². The van der Waals surface area contributed by atoms with Crippen molar-refractivity contribution in [2.24, 2.45) is 0 Å². The molecule has 146 valence electrons. The highest BCUT2D eigenvalue weighted by atomic mass is 16.6. The molecule has 1 atom stereocenters. The number of benzene rings is 2. The smallest absolute Gasteiger partial charge is 0.281 e. The van der Waals surface area contributed by atoms with E-state index < -0.39 is 5.72 Å². The zero-order valence-corrected chi connectivity index (χ0v) is 15.8. The second kappa shape index (κ2) is 6.68. The van der Waals surface area contributed by atoms with Gasteiger partial charge in [0.05, 0.1) is 13.7 Å². The van der Waals surface area contributed by atoms with E-state index in [1.54, 1.807) is 7.11 Å². The molecular formula is C21H23N2O5+. The molecule has 0 unspecified atom stereocenters. The van der Waals surface area contributed by atoms with Gasteiger partial charge in [0.2, 0.25) is 0 Å². The summed E-state index contributed by atoms with van der Waals surface area (Å²) in [5.41, 5.74) is 0.392. The first kappa shape index (κ1) is 17.3. The van der Waals surface area contributed by atoms with Gasteiger partial charge in [-0.1, -0.05) is 0 Å². The minimum absolute atomic E-state index is 0.456. The van der Waals surface area contributed by atoms with Crippen molar-refractivity contribution < 1.29 is 28.6 Å². The van der Waals surface area contributed by atoms with Crippen LogP contribution in [0.25, 0.3) is 0 Å². The third kappa shape index (κ3) is 2.70. The Morgan fingerprint density at radius 1 is 1.04 bits per heavy atom. The van der Waals surface area contributed by atoms with Crippen LogP contribution in [0.15, 0.2) is 42.5 Å². The Balaban J connectivity index is 1.60. The normalized spacial score (nSPS) is 23.6. The zero-order valence-electron chi connectivity index (χ0n) is 15.8. The lowest BCUT2D eigenvalue weighted by Crippen LogP contribution is -2.48. The molecule has 2 aromatic carbocycles. The summed E-state index contributed by atoms with van der Waals surface area (Å²) in [6.07, 6.45) is 0. The van der Waals surface area contributed by atoms with Crippen molar-refractivity contribution >= 4 is 11.5 Å². The maximum Gasteiger partial charge on any atom is 0.281 e. The van der Waals surface area contributed by atoms with Gasteiger partial charge in [-0.15, -0.1) is 0 Å². The average molecular weight is 383 g/mol. The molecule has 0 amide bonds. The molecule has 0 saturated carbocycles. The van der Waals surface area contributed by atoms with Crippen molar-refractivity contribution in [2.75, 3.05) is 51.5 Å². The summed E-state index contributed by atoms with van der Waals surface area (Å²) in [6.45, 7) is 3.36. The van der Waals surface area contributed by atoms with Gasteiger partial charge in [-0.2, -0.15) is 4.90 Å². The fourth-order valence-electron chi connectivity index (χ4n) is 4.09. The molecule has 3 aliphatic rings. The van der Waals surface area contributed by atoms with E-state index in [9.17, 15) is 5.11 Å². The van der Waals surface area contributed by atoms with Gasteiger partial charge in [0, 0.05) is 5.56 Å². The van der Waals surface area contributed by atoms with Crippen LogP contribution in [-0.4, -0.2) is 62.1 Å². The Hall–Kier alpha value is -2.77. The fourth-order valence-corrected chi connectivity index (χ4v) is 4.09. The summed E-state index contributed by atoms with van der Waals surface area (Å²) in [7, 11) is 1.64. The molecule has 0 fully saturated rings. The number of methoxy groups -OCH3 is 1. The lowest BCUT2D eigenvalue weighted by Gasteiger charge is -2.30. The number of ether oxygens (including phenoxy) is 4. The summed E-state index contributed by atoms with van der Waals surface area (Å²) in [5, 5.41) is 11.9. The molecule has 28 heavy (non-hydrogen) atoms. The molecule has 1 N–H and O–H groups in total. The fraction of sp³-hybridized carbons (Fsp3) is 0.381. The van der Waals surface area contributed by atoms with E-state index in [1.807, 2.05) is 47.4 Å². The number of nitrogens with zero attached hydrogens (tertiary/aromatic N) is 2. The third-order valence-corrected chi connectivity index (χ3v) is 5.48. The number of fused-ring (bicyclic) bond motifs is 1. The monoisotopic (exact) mass is 383 g/mol. The van der Waals surface area contributed by atoms with Crippen LogP contribution in [0.2, 0.25) is 0 Å². The van der Waals surface area contributed by atoms with Crippen molar-refractivity contribution in [1.29, 1.82) is 0 Å². The van der Waals surface area contributed by atoms with E-state index in [1.165, 1.54) is 0 Å². The lowest BCUT2D eigenvalue weighted by molar-refractivity contribution is -0.543. The zero-order chi connectivity index (χ0) is 19.1. The van der Waals surface area contributed by atoms with Crippen molar-refractivity contribution in [3.63, 3.8) is 0 Å². The van der Waals surface area contributed by atoms with Crippen LogP contribution in [0.5, 0.6) is 17.2 Å². The van der Waals surface area contributed by atoms with E-state index in [4.69, 9.17) is 18.9 Å². The number of anilines is 1. The number of hydrogen-bond donors (Lipinski definition) is 1. The Morgan fingerprint density at radius 2 is 1.82 bits per heavy atom. The highest BCUT2D eigenvalue weighted by Gasteiger charge is 2.55. The Bertz CT molecular complexity index is 927. The highest BCUT2D eigenvalue weighted by Crippen LogP contribution is 2.40. The molecule has 0 aliphatic carbocycles. The average Bonchev–Trinajstić information content (AvgIpc) is 3.06. The lowest BCUT2D eigenvalue weighted by atomic mass is 10.00. The molecule has 0 bridgehead atoms. The Morgan fingerprint density at radius 3 is 2.61 bits per heavy atom. The van der Waals surface area contributed by atoms with Crippen LogP contribution in [0.1, 0.15) is 5.56 Å². The molecule has 0 saturated heterocycles. The van der Waals surface area contributed by atoms with E-state index in [0.29, 0.717) is 44.5 Å². The topological polar surface area (TPSA) is 63.4 Å². The molecule has 2 aromatic rings. The third-order valence-electron chi connectivity index (χ3n) is 5.48. The van der Waals surface area contributed by atoms with Crippen LogP contribution in [0.3, 0.4) is 0 Å². The summed E-state index contributed by atoms with van der Waals surface area (Å²) in [5.74, 6) is 3.10. The van der Waals surface area contributed by atoms with Gasteiger partial charge in [0.25, 0.3) is 11.6 Å². The van der Waals surface area contributed by atoms with Gasteiger partial charge in [-0.05, 0) is 42.5 Å². The van der Waals surface area contributed by atoms with E-state index in [0.717, 1.165) is 29.4 Å². The van der Waals surface area contributed by atoms with Gasteiger partial charge >= 0.3 is 0 Å². The molecule has 7 nitrogen and oxygen atoms in total. The summed E-state index contributed by atoms with van der Waals surface area (Å²) >= 11 is 0. The first-order valence-electron chi connectivity index (χ1n) is 9.44. The summed E-state index contributed by atoms with van der Waals surface area (Å²) in [6, 6.07) is 13.3. The predicted octanol–water partition coefficient (Wildman–Crippen LogP) is 1.57. The van der Waals surface area contributed by atoms with E-state index in [2.05, 4.69) is 4.58 Å². The van der Waals surface area contributed by atoms with Crippen LogP contribution >= 0.6 is 0 Å². The van der Waals surface area contributed by atoms with Gasteiger partial charge in [-0.25, -0.2) is 0 Å². The minimum Gasteiger partial charge on any atom is -0.497 e. The second-order valence-electron chi connectivity index (χ2n) is 7.10. The number of aliphatic hydroxyl groups is 1. The van der Waals surface area contributed by atoms with E-state index >= 15 is 0 Å². The molecular weight excluding hydrogens is 360 g/mol. The molecule has 7 heteroatoms. The number of rotatable bonds is 3. The van der Waals surface area contributed by atoms with Gasteiger partial charge < -0.3 is 24.1 Å². The standard InChI is InChI=1S/C21H23N2O5/c1-25-17-5-3-16(4-6-17)23-20-13-26-9-8-22(20)14-21(23,24)15-2-7-18-19(12-15)28-11-10-27-18/h2-7,12,24H,8-11,13-14H2,1H3/q+1/t21-/m1/s1. The van der Waals surface area contributed by atoms with Crippen LogP contribution in [0, 0.1) is 0 Å². The molecule has 0 aromatic heterocycles. The van der Waals surface area contributed by atoms with Crippen molar-refractivity contribution in [1.82, 2.24) is 0 Å². The summed E-state index contributed by atoms with van der Waals surface area (Å²) < 4.78 is 24.5. The predicted molar refractivity (Wildman–Crippen MR) is 103 cm³/mol.